The van der Waals surface area contributed by atoms with Gasteiger partial charge in [0.15, 0.2) is 0 Å². The number of fused-ring (bicyclic) bond motifs is 3. The number of carbonyl (C=O) groups is 1. The smallest absolute Gasteiger partial charge is 0.224 e. The van der Waals surface area contributed by atoms with E-state index in [0.717, 1.165) is 13.0 Å². The second-order valence-electron chi connectivity index (χ2n) is 4.28. The van der Waals surface area contributed by atoms with Crippen molar-refractivity contribution in [3.8, 4) is 0 Å². The first kappa shape index (κ1) is 6.89. The van der Waals surface area contributed by atoms with Crippen LogP contribution in [0.15, 0.2) is 0 Å². The number of rotatable bonds is 1. The van der Waals surface area contributed by atoms with Gasteiger partial charge >= 0.3 is 0 Å². The third kappa shape index (κ3) is 0.959. The van der Waals surface area contributed by atoms with Crippen LogP contribution in [0.4, 0.5) is 0 Å². The Balaban J connectivity index is 1.77. The number of amides is 1. The minimum Gasteiger partial charge on any atom is -0.338 e. The fourth-order valence-electron chi connectivity index (χ4n) is 2.33. The molecule has 3 heteroatoms. The Kier molecular flexibility index (Phi) is 1.28. The van der Waals surface area contributed by atoms with E-state index < -0.39 is 0 Å². The van der Waals surface area contributed by atoms with Crippen molar-refractivity contribution in [1.82, 2.24) is 10.2 Å². The summed E-state index contributed by atoms with van der Waals surface area (Å²) in [7, 11) is 0. The zero-order chi connectivity index (χ0) is 8.13. The van der Waals surface area contributed by atoms with E-state index in [-0.39, 0.29) is 0 Å². The molecule has 66 valence electrons. The summed E-state index contributed by atoms with van der Waals surface area (Å²) in [5.74, 6) is 0.384. The van der Waals surface area contributed by atoms with Crippen LogP contribution in [0.3, 0.4) is 0 Å². The molecule has 0 aromatic heterocycles. The van der Waals surface area contributed by atoms with Gasteiger partial charge in [-0.3, -0.25) is 4.79 Å². The minimum atomic E-state index is 0.384. The van der Waals surface area contributed by atoms with Gasteiger partial charge in [-0.25, -0.2) is 0 Å². The average molecular weight is 166 g/mol. The Morgan fingerprint density at radius 3 is 2.75 bits per heavy atom. The van der Waals surface area contributed by atoms with Gasteiger partial charge in [-0.15, -0.1) is 0 Å². The van der Waals surface area contributed by atoms with Crippen molar-refractivity contribution in [2.75, 3.05) is 6.54 Å². The molecule has 3 nitrogen and oxygen atoms in total. The Hall–Kier alpha value is -0.570. The van der Waals surface area contributed by atoms with Gasteiger partial charge < -0.3 is 10.2 Å². The highest BCUT2D eigenvalue weighted by Crippen LogP contribution is 2.32. The molecule has 1 amide bonds. The van der Waals surface area contributed by atoms with Crippen LogP contribution in [-0.4, -0.2) is 35.5 Å². The van der Waals surface area contributed by atoms with E-state index in [0.29, 0.717) is 24.0 Å². The van der Waals surface area contributed by atoms with Crippen LogP contribution in [-0.2, 0) is 4.79 Å². The second kappa shape index (κ2) is 2.22. The first-order chi connectivity index (χ1) is 5.83. The molecule has 4 aliphatic rings. The lowest BCUT2D eigenvalue weighted by Crippen LogP contribution is -2.53. The summed E-state index contributed by atoms with van der Waals surface area (Å²) in [6, 6.07) is 1.73. The molecule has 3 saturated heterocycles. The predicted octanol–water partition coefficient (Wildman–Crippen LogP) is 0.112. The minimum absolute atomic E-state index is 0.384. The lowest BCUT2D eigenvalue weighted by Gasteiger charge is -2.34. The average Bonchev–Trinajstić information content (AvgIpc) is 2.69. The number of nitrogens with zero attached hydrogens (tertiary/aromatic N) is 1. The van der Waals surface area contributed by atoms with E-state index in [1.807, 2.05) is 0 Å². The van der Waals surface area contributed by atoms with Crippen LogP contribution in [0.25, 0.3) is 0 Å². The topological polar surface area (TPSA) is 32.3 Å². The highest BCUT2D eigenvalue weighted by atomic mass is 16.2. The van der Waals surface area contributed by atoms with E-state index >= 15 is 0 Å². The third-order valence-corrected chi connectivity index (χ3v) is 3.19. The Morgan fingerprint density at radius 2 is 2.08 bits per heavy atom. The van der Waals surface area contributed by atoms with Crippen LogP contribution in [0, 0.1) is 0 Å². The molecule has 4 rings (SSSR count). The standard InChI is InChI=1S/C9H14N2O/c12-9-4-6-3-7(10-6)5-11(9)8-1-2-8/h6-8,10H,1-5H2. The van der Waals surface area contributed by atoms with Crippen molar-refractivity contribution < 1.29 is 4.79 Å². The molecule has 0 radical (unpaired) electrons. The first-order valence-corrected chi connectivity index (χ1v) is 4.88. The van der Waals surface area contributed by atoms with Crippen molar-refractivity contribution in [2.24, 2.45) is 0 Å². The zero-order valence-electron chi connectivity index (χ0n) is 7.12. The molecular weight excluding hydrogens is 152 g/mol. The van der Waals surface area contributed by atoms with Crippen LogP contribution in [0.1, 0.15) is 25.7 Å². The normalized spacial score (nSPS) is 40.7. The monoisotopic (exact) mass is 166 g/mol. The quantitative estimate of drug-likeness (QED) is 0.599. The number of nitrogens with one attached hydrogen (secondary N) is 1. The van der Waals surface area contributed by atoms with Crippen LogP contribution in [0.5, 0.6) is 0 Å². The van der Waals surface area contributed by atoms with Gasteiger partial charge in [-0.1, -0.05) is 0 Å². The molecule has 12 heavy (non-hydrogen) atoms. The first-order valence-electron chi connectivity index (χ1n) is 4.88. The molecular formula is C9H14N2O. The molecule has 0 aromatic rings. The summed E-state index contributed by atoms with van der Waals surface area (Å²) in [6.07, 6.45) is 4.44. The fraction of sp³-hybridized carbons (Fsp3) is 0.889. The van der Waals surface area contributed by atoms with Gasteiger partial charge in [0.05, 0.1) is 0 Å². The maximum Gasteiger partial charge on any atom is 0.224 e. The van der Waals surface area contributed by atoms with Crippen molar-refractivity contribution in [3.05, 3.63) is 0 Å². The molecule has 3 heterocycles. The zero-order valence-corrected chi connectivity index (χ0v) is 7.12. The van der Waals surface area contributed by atoms with Crippen LogP contribution < -0.4 is 5.32 Å². The van der Waals surface area contributed by atoms with E-state index in [2.05, 4.69) is 10.2 Å². The number of hydrogen-bond donors (Lipinski definition) is 1. The van der Waals surface area contributed by atoms with Gasteiger partial charge in [-0.2, -0.15) is 0 Å². The van der Waals surface area contributed by atoms with Crippen molar-refractivity contribution in [3.63, 3.8) is 0 Å². The van der Waals surface area contributed by atoms with Gasteiger partial charge in [0.2, 0.25) is 5.91 Å². The molecule has 1 saturated carbocycles. The summed E-state index contributed by atoms with van der Waals surface area (Å²) in [5, 5.41) is 3.42. The van der Waals surface area contributed by atoms with E-state index in [1.165, 1.54) is 19.3 Å². The molecule has 2 unspecified atom stereocenters. The second-order valence-corrected chi connectivity index (χ2v) is 4.28. The molecule has 0 aromatic carbocycles. The largest absolute Gasteiger partial charge is 0.338 e. The Bertz CT molecular complexity index is 219. The number of carbonyl (C=O) groups excluding carboxylic acids is 1. The lowest BCUT2D eigenvalue weighted by atomic mass is 9.96. The van der Waals surface area contributed by atoms with Crippen molar-refractivity contribution in [2.45, 2.75) is 43.8 Å². The van der Waals surface area contributed by atoms with Crippen molar-refractivity contribution >= 4 is 5.91 Å². The lowest BCUT2D eigenvalue weighted by molar-refractivity contribution is -0.130. The van der Waals surface area contributed by atoms with E-state index in [9.17, 15) is 4.79 Å². The van der Waals surface area contributed by atoms with E-state index in [4.69, 9.17) is 0 Å². The highest BCUT2D eigenvalue weighted by Gasteiger charge is 2.42. The maximum atomic E-state index is 11.6. The SMILES string of the molecule is O=C1CC2CC(CN1C1CC1)N2. The summed E-state index contributed by atoms with van der Waals surface area (Å²) in [6.45, 7) is 0.972. The van der Waals surface area contributed by atoms with Gasteiger partial charge in [-0.05, 0) is 19.3 Å². The molecule has 2 bridgehead atoms. The summed E-state index contributed by atoms with van der Waals surface area (Å²) >= 11 is 0. The molecule has 1 aliphatic carbocycles. The summed E-state index contributed by atoms with van der Waals surface area (Å²) < 4.78 is 0. The molecule has 4 fully saturated rings. The summed E-state index contributed by atoms with van der Waals surface area (Å²) in [5.41, 5.74) is 0. The van der Waals surface area contributed by atoms with Gasteiger partial charge in [0.25, 0.3) is 0 Å². The predicted molar refractivity (Wildman–Crippen MR) is 44.7 cm³/mol. The summed E-state index contributed by atoms with van der Waals surface area (Å²) in [4.78, 5) is 13.7. The fourth-order valence-corrected chi connectivity index (χ4v) is 2.33. The van der Waals surface area contributed by atoms with Crippen LogP contribution >= 0.6 is 0 Å². The third-order valence-electron chi connectivity index (χ3n) is 3.19. The maximum absolute atomic E-state index is 11.6. The Morgan fingerprint density at radius 1 is 1.33 bits per heavy atom. The molecule has 3 aliphatic heterocycles. The Labute approximate surface area is 72.1 Å². The molecule has 0 spiro atoms. The van der Waals surface area contributed by atoms with Crippen molar-refractivity contribution in [1.29, 1.82) is 0 Å². The van der Waals surface area contributed by atoms with Crippen LogP contribution in [0.2, 0.25) is 0 Å². The number of hydrogen-bond acceptors (Lipinski definition) is 2. The van der Waals surface area contributed by atoms with Gasteiger partial charge in [0, 0.05) is 31.1 Å². The highest BCUT2D eigenvalue weighted by molar-refractivity contribution is 5.78. The molecule has 2 atom stereocenters. The van der Waals surface area contributed by atoms with E-state index in [1.54, 1.807) is 0 Å². The van der Waals surface area contributed by atoms with Gasteiger partial charge in [0.1, 0.15) is 0 Å². The molecule has 1 N–H and O–H groups in total.